The van der Waals surface area contributed by atoms with Crippen LogP contribution in [0.4, 0.5) is 0 Å². The average Bonchev–Trinajstić information content (AvgIpc) is 2.91. The van der Waals surface area contributed by atoms with Crippen molar-refractivity contribution in [1.82, 2.24) is 0 Å². The van der Waals surface area contributed by atoms with E-state index >= 15 is 0 Å². The molecule has 1 saturated heterocycles. The lowest BCUT2D eigenvalue weighted by Crippen LogP contribution is -2.30. The number of fused-ring (bicyclic) bond motifs is 2. The molecule has 2 aliphatic rings. The highest BCUT2D eigenvalue weighted by Crippen LogP contribution is 2.38. The van der Waals surface area contributed by atoms with E-state index in [0.29, 0.717) is 5.92 Å². The number of ether oxygens (including phenoxy) is 1. The Morgan fingerprint density at radius 1 is 1.22 bits per heavy atom. The summed E-state index contributed by atoms with van der Waals surface area (Å²) < 4.78 is 35.8. The Morgan fingerprint density at radius 2 is 1.94 bits per heavy atom. The van der Waals surface area contributed by atoms with Gasteiger partial charge in [0, 0.05) is 4.47 Å². The minimum absolute atomic E-state index is 0.0553. The molecule has 2 bridgehead atoms. The lowest BCUT2D eigenvalue weighted by Gasteiger charge is -2.21. The van der Waals surface area contributed by atoms with Crippen LogP contribution in [0.5, 0.6) is 0 Å². The quantitative estimate of drug-likeness (QED) is 0.797. The Hall–Kier alpha value is -0.430. The minimum Gasteiger partial charge on any atom is -0.375 e. The predicted octanol–water partition coefficient (Wildman–Crippen LogP) is 2.33. The maximum Gasteiger partial charge on any atom is 0.297 e. The van der Waals surface area contributed by atoms with Crippen molar-refractivity contribution in [2.24, 2.45) is 5.92 Å². The molecule has 4 nitrogen and oxygen atoms in total. The predicted molar refractivity (Wildman–Crippen MR) is 68.7 cm³/mol. The molecular formula is C12H13BrO4S. The second-order valence-electron chi connectivity index (χ2n) is 4.75. The van der Waals surface area contributed by atoms with E-state index in [1.165, 1.54) is 12.1 Å². The number of halogens is 1. The van der Waals surface area contributed by atoms with E-state index in [1.54, 1.807) is 12.1 Å². The maximum atomic E-state index is 12.1. The topological polar surface area (TPSA) is 52.6 Å². The van der Waals surface area contributed by atoms with E-state index in [9.17, 15) is 8.42 Å². The first kappa shape index (κ1) is 12.6. The molecule has 0 aromatic heterocycles. The molecule has 18 heavy (non-hydrogen) atoms. The number of hydrogen-bond acceptors (Lipinski definition) is 4. The Bertz CT molecular complexity index is 540. The average molecular weight is 333 g/mol. The molecular weight excluding hydrogens is 320 g/mol. The molecule has 0 amide bonds. The molecule has 0 unspecified atom stereocenters. The molecule has 1 aromatic carbocycles. The highest BCUT2D eigenvalue weighted by atomic mass is 79.9. The Balaban J connectivity index is 1.77. The Labute approximate surface area is 115 Å². The van der Waals surface area contributed by atoms with Crippen LogP contribution in [0.25, 0.3) is 0 Å². The summed E-state index contributed by atoms with van der Waals surface area (Å²) in [6.07, 6.45) is 1.32. The smallest absolute Gasteiger partial charge is 0.297 e. The van der Waals surface area contributed by atoms with Gasteiger partial charge in [0.1, 0.15) is 6.10 Å². The summed E-state index contributed by atoms with van der Waals surface area (Å²) in [5.41, 5.74) is 0. The van der Waals surface area contributed by atoms with Crippen molar-refractivity contribution in [3.8, 4) is 0 Å². The van der Waals surface area contributed by atoms with Crippen LogP contribution in [0, 0.1) is 5.92 Å². The summed E-state index contributed by atoms with van der Waals surface area (Å²) in [7, 11) is -3.68. The zero-order valence-corrected chi connectivity index (χ0v) is 12.0. The van der Waals surface area contributed by atoms with Crippen molar-refractivity contribution in [2.75, 3.05) is 6.61 Å². The highest BCUT2D eigenvalue weighted by molar-refractivity contribution is 9.10. The Morgan fingerprint density at radius 3 is 2.50 bits per heavy atom. The summed E-state index contributed by atoms with van der Waals surface area (Å²) in [6, 6.07) is 6.45. The van der Waals surface area contributed by atoms with E-state index in [0.717, 1.165) is 23.9 Å². The molecule has 1 saturated carbocycles. The lowest BCUT2D eigenvalue weighted by atomic mass is 10.1. The fourth-order valence-corrected chi connectivity index (χ4v) is 3.92. The first-order valence-electron chi connectivity index (χ1n) is 5.85. The Kier molecular flexibility index (Phi) is 3.21. The SMILES string of the molecule is O=S(=O)(O[C@@H]1C[C@H]2CO[C@@H]1C2)c1ccc(Br)cc1. The lowest BCUT2D eigenvalue weighted by molar-refractivity contribution is -0.00798. The van der Waals surface area contributed by atoms with E-state index in [-0.39, 0.29) is 17.1 Å². The molecule has 2 fully saturated rings. The normalized spacial score (nSPS) is 30.8. The molecule has 3 atom stereocenters. The van der Waals surface area contributed by atoms with Crippen molar-refractivity contribution in [3.63, 3.8) is 0 Å². The third-order valence-electron chi connectivity index (χ3n) is 3.44. The molecule has 1 aliphatic heterocycles. The van der Waals surface area contributed by atoms with Crippen molar-refractivity contribution in [1.29, 1.82) is 0 Å². The molecule has 3 rings (SSSR count). The van der Waals surface area contributed by atoms with Crippen LogP contribution in [0.3, 0.4) is 0 Å². The molecule has 1 aliphatic carbocycles. The monoisotopic (exact) mass is 332 g/mol. The van der Waals surface area contributed by atoms with Gasteiger partial charge >= 0.3 is 0 Å². The number of hydrogen-bond donors (Lipinski definition) is 0. The van der Waals surface area contributed by atoms with E-state index in [1.807, 2.05) is 0 Å². The van der Waals surface area contributed by atoms with Crippen LogP contribution >= 0.6 is 15.9 Å². The van der Waals surface area contributed by atoms with Gasteiger partial charge in [0.15, 0.2) is 0 Å². The largest absolute Gasteiger partial charge is 0.375 e. The van der Waals surface area contributed by atoms with E-state index in [2.05, 4.69) is 15.9 Å². The number of benzene rings is 1. The second kappa shape index (κ2) is 4.59. The molecule has 0 spiro atoms. The van der Waals surface area contributed by atoms with Crippen LogP contribution in [-0.4, -0.2) is 27.2 Å². The second-order valence-corrected chi connectivity index (χ2v) is 7.24. The van der Waals surface area contributed by atoms with Crippen LogP contribution < -0.4 is 0 Å². The fourth-order valence-electron chi connectivity index (χ4n) is 2.55. The van der Waals surface area contributed by atoms with E-state index in [4.69, 9.17) is 8.92 Å². The third-order valence-corrected chi connectivity index (χ3v) is 5.32. The molecule has 0 radical (unpaired) electrons. The zero-order valence-electron chi connectivity index (χ0n) is 9.58. The zero-order chi connectivity index (χ0) is 12.8. The standard InChI is InChI=1S/C12H13BrO4S/c13-9-1-3-10(4-2-9)18(14,15)17-12-6-8-5-11(12)16-7-8/h1-4,8,11-12H,5-7H2/t8-,11+,12+/m0/s1. The molecule has 0 N–H and O–H groups in total. The first-order valence-corrected chi connectivity index (χ1v) is 8.05. The van der Waals surface area contributed by atoms with Gasteiger partial charge < -0.3 is 4.74 Å². The maximum absolute atomic E-state index is 12.1. The van der Waals surface area contributed by atoms with Crippen molar-refractivity contribution in [2.45, 2.75) is 29.9 Å². The molecule has 1 aromatic rings. The van der Waals surface area contributed by atoms with E-state index < -0.39 is 10.1 Å². The minimum atomic E-state index is -3.68. The first-order chi connectivity index (χ1) is 8.54. The van der Waals surface area contributed by atoms with Gasteiger partial charge in [-0.3, -0.25) is 4.18 Å². The summed E-state index contributed by atoms with van der Waals surface area (Å²) in [5, 5.41) is 0. The van der Waals surface area contributed by atoms with Gasteiger partial charge in [-0.05, 0) is 43.0 Å². The van der Waals surface area contributed by atoms with Gasteiger partial charge in [-0.15, -0.1) is 0 Å². The summed E-state index contributed by atoms with van der Waals surface area (Å²) in [4.78, 5) is 0.188. The van der Waals surface area contributed by atoms with Gasteiger partial charge in [0.25, 0.3) is 10.1 Å². The summed E-state index contributed by atoms with van der Waals surface area (Å²) in [6.45, 7) is 0.739. The molecule has 6 heteroatoms. The summed E-state index contributed by atoms with van der Waals surface area (Å²) >= 11 is 3.27. The van der Waals surface area contributed by atoms with Gasteiger partial charge in [-0.25, -0.2) is 0 Å². The van der Waals surface area contributed by atoms with Crippen LogP contribution in [0.2, 0.25) is 0 Å². The van der Waals surface area contributed by atoms with Crippen molar-refractivity contribution < 1.29 is 17.3 Å². The van der Waals surface area contributed by atoms with Gasteiger partial charge in [0.05, 0.1) is 17.6 Å². The van der Waals surface area contributed by atoms with Crippen LogP contribution in [-0.2, 0) is 19.0 Å². The van der Waals surface area contributed by atoms with Crippen LogP contribution in [0.1, 0.15) is 12.8 Å². The highest BCUT2D eigenvalue weighted by Gasteiger charge is 2.43. The molecule has 98 valence electrons. The molecule has 1 heterocycles. The van der Waals surface area contributed by atoms with Gasteiger partial charge in [-0.1, -0.05) is 15.9 Å². The number of rotatable bonds is 3. The van der Waals surface area contributed by atoms with Gasteiger partial charge in [-0.2, -0.15) is 8.42 Å². The summed E-state index contributed by atoms with van der Waals surface area (Å²) in [5.74, 6) is 0.458. The van der Waals surface area contributed by atoms with Crippen molar-refractivity contribution >= 4 is 26.0 Å². The fraction of sp³-hybridized carbons (Fsp3) is 0.500. The van der Waals surface area contributed by atoms with Crippen LogP contribution in [0.15, 0.2) is 33.6 Å². The van der Waals surface area contributed by atoms with Gasteiger partial charge in [0.2, 0.25) is 0 Å². The van der Waals surface area contributed by atoms with Crippen molar-refractivity contribution in [3.05, 3.63) is 28.7 Å². The third kappa shape index (κ3) is 2.34.